The van der Waals surface area contributed by atoms with Crippen LogP contribution in [0.15, 0.2) is 12.7 Å². The second-order valence-corrected chi connectivity index (χ2v) is 4.97. The van der Waals surface area contributed by atoms with Crippen LogP contribution in [0.5, 0.6) is 0 Å². The molecule has 0 radical (unpaired) electrons. The van der Waals surface area contributed by atoms with Gasteiger partial charge < -0.3 is 5.32 Å². The molecule has 1 aliphatic carbocycles. The summed E-state index contributed by atoms with van der Waals surface area (Å²) in [6.45, 7) is 8.61. The van der Waals surface area contributed by atoms with Gasteiger partial charge in [0.1, 0.15) is 0 Å². The summed E-state index contributed by atoms with van der Waals surface area (Å²) in [7, 11) is 2.04. The molecule has 0 aromatic heterocycles. The van der Waals surface area contributed by atoms with E-state index in [9.17, 15) is 0 Å². The Balaban J connectivity index is 2.38. The standard InChI is InChI=1S/C13H25N/c1-5-13(14-4)12-8-6-11(7-9-12)10(2)3/h5,10-14H,1,6-9H2,2-4H3. The van der Waals surface area contributed by atoms with Crippen molar-refractivity contribution in [3.63, 3.8) is 0 Å². The molecule has 1 nitrogen and oxygen atoms in total. The van der Waals surface area contributed by atoms with Gasteiger partial charge in [-0.2, -0.15) is 0 Å². The Morgan fingerprint density at radius 1 is 1.14 bits per heavy atom. The Kier molecular flexibility index (Phi) is 4.67. The summed E-state index contributed by atoms with van der Waals surface area (Å²) < 4.78 is 0. The minimum absolute atomic E-state index is 0.531. The summed E-state index contributed by atoms with van der Waals surface area (Å²) in [6.07, 6.45) is 7.64. The highest BCUT2D eigenvalue weighted by atomic mass is 14.9. The van der Waals surface area contributed by atoms with Crippen molar-refractivity contribution in [2.75, 3.05) is 7.05 Å². The maximum absolute atomic E-state index is 3.90. The molecule has 1 heteroatoms. The van der Waals surface area contributed by atoms with Crippen LogP contribution in [-0.4, -0.2) is 13.1 Å². The number of nitrogens with one attached hydrogen (secondary N) is 1. The first-order valence-corrected chi connectivity index (χ1v) is 5.98. The Labute approximate surface area is 89.0 Å². The lowest BCUT2D eigenvalue weighted by molar-refractivity contribution is 0.206. The molecule has 1 N–H and O–H groups in total. The van der Waals surface area contributed by atoms with Gasteiger partial charge in [0.25, 0.3) is 0 Å². The lowest BCUT2D eigenvalue weighted by Crippen LogP contribution is -2.34. The molecule has 1 fully saturated rings. The second kappa shape index (κ2) is 5.55. The summed E-state index contributed by atoms with van der Waals surface area (Å²) in [4.78, 5) is 0. The molecule has 1 saturated carbocycles. The fourth-order valence-electron chi connectivity index (χ4n) is 2.72. The lowest BCUT2D eigenvalue weighted by Gasteiger charge is -2.34. The molecule has 0 aromatic carbocycles. The van der Waals surface area contributed by atoms with Crippen molar-refractivity contribution in [2.45, 2.75) is 45.6 Å². The van der Waals surface area contributed by atoms with Gasteiger partial charge in [-0.3, -0.25) is 0 Å². The van der Waals surface area contributed by atoms with Crippen LogP contribution in [0, 0.1) is 17.8 Å². The first-order chi connectivity index (χ1) is 6.69. The van der Waals surface area contributed by atoms with Gasteiger partial charge in [0.2, 0.25) is 0 Å². The Morgan fingerprint density at radius 3 is 2.00 bits per heavy atom. The summed E-state index contributed by atoms with van der Waals surface area (Å²) in [5.41, 5.74) is 0. The number of hydrogen-bond acceptors (Lipinski definition) is 1. The van der Waals surface area contributed by atoms with Gasteiger partial charge in [-0.05, 0) is 50.5 Å². The van der Waals surface area contributed by atoms with Gasteiger partial charge >= 0.3 is 0 Å². The van der Waals surface area contributed by atoms with Gasteiger partial charge in [-0.1, -0.05) is 19.9 Å². The number of likely N-dealkylation sites (N-methyl/N-ethyl adjacent to an activating group) is 1. The zero-order valence-electron chi connectivity index (χ0n) is 9.92. The van der Waals surface area contributed by atoms with Crippen LogP contribution in [0.4, 0.5) is 0 Å². The van der Waals surface area contributed by atoms with Crippen LogP contribution in [0.1, 0.15) is 39.5 Å². The zero-order chi connectivity index (χ0) is 10.6. The molecule has 82 valence electrons. The molecule has 0 spiro atoms. The predicted molar refractivity (Wildman–Crippen MR) is 63.3 cm³/mol. The number of hydrogen-bond donors (Lipinski definition) is 1. The van der Waals surface area contributed by atoms with E-state index in [1.807, 2.05) is 7.05 Å². The quantitative estimate of drug-likeness (QED) is 0.679. The van der Waals surface area contributed by atoms with Crippen molar-refractivity contribution >= 4 is 0 Å². The third-order valence-corrected chi connectivity index (χ3v) is 3.85. The van der Waals surface area contributed by atoms with E-state index >= 15 is 0 Å². The maximum Gasteiger partial charge on any atom is 0.0272 e. The minimum Gasteiger partial charge on any atom is -0.313 e. The van der Waals surface area contributed by atoms with Crippen molar-refractivity contribution < 1.29 is 0 Å². The first kappa shape index (κ1) is 11.8. The van der Waals surface area contributed by atoms with Gasteiger partial charge in [0.05, 0.1) is 0 Å². The third kappa shape index (κ3) is 2.84. The highest BCUT2D eigenvalue weighted by molar-refractivity contribution is 4.92. The molecular weight excluding hydrogens is 170 g/mol. The SMILES string of the molecule is C=CC(NC)C1CCC(C(C)C)CC1. The summed E-state index contributed by atoms with van der Waals surface area (Å²) in [5, 5.41) is 3.35. The molecule has 0 bridgehead atoms. The minimum atomic E-state index is 0.531. The molecule has 1 unspecified atom stereocenters. The van der Waals surface area contributed by atoms with Gasteiger partial charge in [-0.15, -0.1) is 6.58 Å². The van der Waals surface area contributed by atoms with E-state index in [1.165, 1.54) is 25.7 Å². The Hall–Kier alpha value is -0.300. The molecular formula is C13H25N. The Morgan fingerprint density at radius 2 is 1.64 bits per heavy atom. The van der Waals surface area contributed by atoms with Crippen molar-refractivity contribution in [1.29, 1.82) is 0 Å². The van der Waals surface area contributed by atoms with E-state index in [0.717, 1.165) is 17.8 Å². The van der Waals surface area contributed by atoms with Gasteiger partial charge in [0.15, 0.2) is 0 Å². The van der Waals surface area contributed by atoms with E-state index in [1.54, 1.807) is 0 Å². The second-order valence-electron chi connectivity index (χ2n) is 4.97. The maximum atomic E-state index is 3.90. The summed E-state index contributed by atoms with van der Waals surface area (Å²) in [5.74, 6) is 2.66. The average Bonchev–Trinajstić information content (AvgIpc) is 2.20. The highest BCUT2D eigenvalue weighted by Crippen LogP contribution is 2.34. The van der Waals surface area contributed by atoms with Crippen molar-refractivity contribution in [2.24, 2.45) is 17.8 Å². The summed E-state index contributed by atoms with van der Waals surface area (Å²) in [6, 6.07) is 0.531. The monoisotopic (exact) mass is 195 g/mol. The molecule has 0 aliphatic heterocycles. The molecule has 1 aliphatic rings. The fraction of sp³-hybridized carbons (Fsp3) is 0.846. The van der Waals surface area contributed by atoms with Crippen LogP contribution in [0.3, 0.4) is 0 Å². The topological polar surface area (TPSA) is 12.0 Å². The van der Waals surface area contributed by atoms with Crippen LogP contribution in [0.25, 0.3) is 0 Å². The van der Waals surface area contributed by atoms with E-state index in [0.29, 0.717) is 6.04 Å². The highest BCUT2D eigenvalue weighted by Gasteiger charge is 2.26. The van der Waals surface area contributed by atoms with Gasteiger partial charge in [-0.25, -0.2) is 0 Å². The molecule has 0 aromatic rings. The normalized spacial score (nSPS) is 30.3. The van der Waals surface area contributed by atoms with E-state index < -0.39 is 0 Å². The van der Waals surface area contributed by atoms with E-state index in [2.05, 4.69) is 31.8 Å². The summed E-state index contributed by atoms with van der Waals surface area (Å²) >= 11 is 0. The largest absolute Gasteiger partial charge is 0.313 e. The average molecular weight is 195 g/mol. The van der Waals surface area contributed by atoms with Crippen LogP contribution in [-0.2, 0) is 0 Å². The van der Waals surface area contributed by atoms with Crippen molar-refractivity contribution in [3.05, 3.63) is 12.7 Å². The van der Waals surface area contributed by atoms with Crippen LogP contribution < -0.4 is 5.32 Å². The molecule has 0 heterocycles. The zero-order valence-corrected chi connectivity index (χ0v) is 9.92. The molecule has 14 heavy (non-hydrogen) atoms. The smallest absolute Gasteiger partial charge is 0.0272 e. The molecule has 0 amide bonds. The molecule has 1 rings (SSSR count). The predicted octanol–water partition coefficient (Wildman–Crippen LogP) is 3.22. The Bertz CT molecular complexity index is 166. The van der Waals surface area contributed by atoms with E-state index in [-0.39, 0.29) is 0 Å². The lowest BCUT2D eigenvalue weighted by atomic mass is 9.74. The van der Waals surface area contributed by atoms with Crippen molar-refractivity contribution in [1.82, 2.24) is 5.32 Å². The fourth-order valence-corrected chi connectivity index (χ4v) is 2.72. The molecule has 1 atom stereocenters. The third-order valence-electron chi connectivity index (χ3n) is 3.85. The van der Waals surface area contributed by atoms with Crippen LogP contribution >= 0.6 is 0 Å². The van der Waals surface area contributed by atoms with Crippen molar-refractivity contribution in [3.8, 4) is 0 Å². The van der Waals surface area contributed by atoms with E-state index in [4.69, 9.17) is 0 Å². The first-order valence-electron chi connectivity index (χ1n) is 5.98. The van der Waals surface area contributed by atoms with Crippen LogP contribution in [0.2, 0.25) is 0 Å². The molecule has 0 saturated heterocycles. The van der Waals surface area contributed by atoms with Gasteiger partial charge in [0, 0.05) is 6.04 Å². The number of rotatable bonds is 4.